The Labute approximate surface area is 159 Å². The van der Waals surface area contributed by atoms with Gasteiger partial charge in [-0.05, 0) is 55.7 Å². The molecule has 1 atom stereocenters. The van der Waals surface area contributed by atoms with E-state index in [0.717, 1.165) is 29.2 Å². The van der Waals surface area contributed by atoms with E-state index in [1.165, 1.54) is 5.56 Å². The van der Waals surface area contributed by atoms with Gasteiger partial charge in [-0.2, -0.15) is 0 Å². The van der Waals surface area contributed by atoms with Crippen LogP contribution in [0.5, 0.6) is 5.75 Å². The van der Waals surface area contributed by atoms with Crippen LogP contribution >= 0.6 is 0 Å². The quantitative estimate of drug-likeness (QED) is 0.732. The average molecular weight is 361 g/mol. The van der Waals surface area contributed by atoms with Crippen molar-refractivity contribution in [1.82, 2.24) is 9.78 Å². The summed E-state index contributed by atoms with van der Waals surface area (Å²) in [5, 5.41) is 8.10. The monoisotopic (exact) mass is 361 g/mol. The lowest BCUT2D eigenvalue weighted by atomic mass is 9.87. The molecule has 1 aliphatic rings. The number of hydrogen-bond donors (Lipinski definition) is 1. The van der Waals surface area contributed by atoms with E-state index in [9.17, 15) is 4.79 Å². The minimum atomic E-state index is 0.151. The summed E-state index contributed by atoms with van der Waals surface area (Å²) in [5.41, 5.74) is 4.72. The number of aromatic nitrogens is 2. The Morgan fingerprint density at radius 2 is 1.78 bits per heavy atom. The van der Waals surface area contributed by atoms with Crippen molar-refractivity contribution in [3.8, 4) is 11.4 Å². The van der Waals surface area contributed by atoms with Gasteiger partial charge in [-0.3, -0.25) is 4.79 Å². The summed E-state index contributed by atoms with van der Waals surface area (Å²) >= 11 is 0. The highest BCUT2D eigenvalue weighted by Crippen LogP contribution is 2.34. The lowest BCUT2D eigenvalue weighted by molar-refractivity contribution is 0.0953. The second kappa shape index (κ2) is 6.91. The van der Waals surface area contributed by atoms with Crippen LogP contribution in [0, 0.1) is 12.8 Å². The Morgan fingerprint density at radius 3 is 2.44 bits per heavy atom. The Balaban J connectivity index is 1.79. The van der Waals surface area contributed by atoms with E-state index < -0.39 is 0 Å². The summed E-state index contributed by atoms with van der Waals surface area (Å²) in [7, 11) is 1.65. The van der Waals surface area contributed by atoms with E-state index in [-0.39, 0.29) is 5.78 Å². The average Bonchev–Trinajstić information content (AvgIpc) is 3.02. The van der Waals surface area contributed by atoms with Gasteiger partial charge in [0.1, 0.15) is 5.75 Å². The molecule has 1 heterocycles. The van der Waals surface area contributed by atoms with Crippen LogP contribution in [0.15, 0.2) is 48.5 Å². The van der Waals surface area contributed by atoms with Crippen molar-refractivity contribution in [2.75, 3.05) is 12.4 Å². The number of benzene rings is 2. The number of nitrogens with one attached hydrogen (secondary N) is 1. The molecule has 0 amide bonds. The van der Waals surface area contributed by atoms with Crippen LogP contribution in [-0.4, -0.2) is 22.7 Å². The molecule has 5 heteroatoms. The zero-order chi connectivity index (χ0) is 19.0. The fourth-order valence-corrected chi connectivity index (χ4v) is 3.55. The standard InChI is InChI=1S/C22H23N3O2/c1-14-4-6-16(7-5-14)23-22-21-19(12-15(2)13-20(21)26)25(24-22)17-8-10-18(27-3)11-9-17/h4-11,15H,12-13H2,1-3H3,(H,23,24). The van der Waals surface area contributed by atoms with Crippen LogP contribution in [-0.2, 0) is 6.42 Å². The molecule has 1 N–H and O–H groups in total. The largest absolute Gasteiger partial charge is 0.497 e. The minimum absolute atomic E-state index is 0.151. The zero-order valence-electron chi connectivity index (χ0n) is 15.8. The van der Waals surface area contributed by atoms with Crippen LogP contribution in [0.2, 0.25) is 0 Å². The van der Waals surface area contributed by atoms with Gasteiger partial charge in [-0.25, -0.2) is 4.68 Å². The summed E-state index contributed by atoms with van der Waals surface area (Å²) in [6, 6.07) is 15.8. The molecular formula is C22H23N3O2. The number of rotatable bonds is 4. The summed E-state index contributed by atoms with van der Waals surface area (Å²) in [6.45, 7) is 4.16. The molecule has 0 aliphatic heterocycles. The van der Waals surface area contributed by atoms with E-state index in [1.807, 2.05) is 53.2 Å². The number of hydrogen-bond acceptors (Lipinski definition) is 4. The first-order chi connectivity index (χ1) is 13.0. The number of ketones is 1. The first kappa shape index (κ1) is 17.3. The van der Waals surface area contributed by atoms with Gasteiger partial charge < -0.3 is 10.1 Å². The predicted octanol–water partition coefficient (Wildman–Crippen LogP) is 4.70. The normalized spacial score (nSPS) is 16.1. The first-order valence-electron chi connectivity index (χ1n) is 9.18. The van der Waals surface area contributed by atoms with Crippen LogP contribution in [0.1, 0.15) is 35.0 Å². The molecule has 0 bridgehead atoms. The Bertz CT molecular complexity index is 972. The van der Waals surface area contributed by atoms with Crippen LogP contribution in [0.25, 0.3) is 5.69 Å². The molecule has 0 radical (unpaired) electrons. The molecule has 5 nitrogen and oxygen atoms in total. The first-order valence-corrected chi connectivity index (χ1v) is 9.18. The van der Waals surface area contributed by atoms with Gasteiger partial charge >= 0.3 is 0 Å². The Morgan fingerprint density at radius 1 is 1.07 bits per heavy atom. The van der Waals surface area contributed by atoms with Gasteiger partial charge in [0.15, 0.2) is 11.6 Å². The lowest BCUT2D eigenvalue weighted by Gasteiger charge is -2.19. The maximum atomic E-state index is 12.8. The van der Waals surface area contributed by atoms with E-state index in [0.29, 0.717) is 23.7 Å². The third-order valence-corrected chi connectivity index (χ3v) is 4.97. The summed E-state index contributed by atoms with van der Waals surface area (Å²) < 4.78 is 7.14. The van der Waals surface area contributed by atoms with Crippen molar-refractivity contribution < 1.29 is 9.53 Å². The molecule has 27 heavy (non-hydrogen) atoms. The number of anilines is 2. The van der Waals surface area contributed by atoms with Crippen molar-refractivity contribution in [3.63, 3.8) is 0 Å². The fourth-order valence-electron chi connectivity index (χ4n) is 3.55. The van der Waals surface area contributed by atoms with E-state index in [2.05, 4.69) is 19.2 Å². The number of carbonyl (C=O) groups is 1. The van der Waals surface area contributed by atoms with Crippen molar-refractivity contribution >= 4 is 17.3 Å². The molecular weight excluding hydrogens is 338 g/mol. The second-order valence-electron chi connectivity index (χ2n) is 7.21. The number of carbonyl (C=O) groups excluding carboxylic acids is 1. The molecule has 0 spiro atoms. The number of fused-ring (bicyclic) bond motifs is 1. The minimum Gasteiger partial charge on any atom is -0.497 e. The van der Waals surface area contributed by atoms with E-state index >= 15 is 0 Å². The highest BCUT2D eigenvalue weighted by Gasteiger charge is 2.31. The van der Waals surface area contributed by atoms with Gasteiger partial charge in [0.25, 0.3) is 0 Å². The smallest absolute Gasteiger partial charge is 0.168 e. The molecule has 1 aromatic heterocycles. The Kier molecular flexibility index (Phi) is 4.44. The van der Waals surface area contributed by atoms with Gasteiger partial charge in [-0.15, -0.1) is 5.10 Å². The van der Waals surface area contributed by atoms with Crippen LogP contribution < -0.4 is 10.1 Å². The van der Waals surface area contributed by atoms with Crippen molar-refractivity contribution in [2.24, 2.45) is 5.92 Å². The molecule has 0 saturated heterocycles. The highest BCUT2D eigenvalue weighted by atomic mass is 16.5. The second-order valence-corrected chi connectivity index (χ2v) is 7.21. The van der Waals surface area contributed by atoms with Gasteiger partial charge in [0.2, 0.25) is 0 Å². The number of nitrogens with zero attached hydrogens (tertiary/aromatic N) is 2. The number of Topliss-reactive ketones (excluding diaryl/α,β-unsaturated/α-hetero) is 1. The maximum absolute atomic E-state index is 12.8. The number of aryl methyl sites for hydroxylation is 1. The number of ether oxygens (including phenoxy) is 1. The molecule has 0 fully saturated rings. The summed E-state index contributed by atoms with van der Waals surface area (Å²) in [5.74, 6) is 1.88. The van der Waals surface area contributed by atoms with Crippen LogP contribution in [0.3, 0.4) is 0 Å². The van der Waals surface area contributed by atoms with Crippen molar-refractivity contribution in [2.45, 2.75) is 26.7 Å². The highest BCUT2D eigenvalue weighted by molar-refractivity contribution is 6.03. The maximum Gasteiger partial charge on any atom is 0.168 e. The third kappa shape index (κ3) is 3.33. The van der Waals surface area contributed by atoms with Crippen molar-refractivity contribution in [1.29, 1.82) is 0 Å². The molecule has 138 valence electrons. The van der Waals surface area contributed by atoms with Gasteiger partial charge in [0.05, 0.1) is 24.1 Å². The topological polar surface area (TPSA) is 56.1 Å². The molecule has 1 aliphatic carbocycles. The lowest BCUT2D eigenvalue weighted by Crippen LogP contribution is -2.19. The van der Waals surface area contributed by atoms with Gasteiger partial charge in [-0.1, -0.05) is 24.6 Å². The zero-order valence-corrected chi connectivity index (χ0v) is 15.8. The number of methoxy groups -OCH3 is 1. The van der Waals surface area contributed by atoms with E-state index in [1.54, 1.807) is 7.11 Å². The van der Waals surface area contributed by atoms with E-state index in [4.69, 9.17) is 9.84 Å². The molecule has 3 aromatic rings. The fraction of sp³-hybridized carbons (Fsp3) is 0.273. The Hall–Kier alpha value is -3.08. The van der Waals surface area contributed by atoms with Crippen LogP contribution in [0.4, 0.5) is 11.5 Å². The predicted molar refractivity (Wildman–Crippen MR) is 106 cm³/mol. The SMILES string of the molecule is COc1ccc(-n2nc(Nc3ccc(C)cc3)c3c2CC(C)CC3=O)cc1. The third-order valence-electron chi connectivity index (χ3n) is 4.97. The van der Waals surface area contributed by atoms with Crippen molar-refractivity contribution in [3.05, 3.63) is 65.4 Å². The summed E-state index contributed by atoms with van der Waals surface area (Å²) in [4.78, 5) is 12.8. The molecule has 0 saturated carbocycles. The molecule has 1 unspecified atom stereocenters. The molecule has 4 rings (SSSR count). The van der Waals surface area contributed by atoms with Gasteiger partial charge in [0, 0.05) is 12.1 Å². The molecule has 2 aromatic carbocycles. The summed E-state index contributed by atoms with van der Waals surface area (Å²) in [6.07, 6.45) is 1.39.